The van der Waals surface area contributed by atoms with Crippen LogP contribution in [0.15, 0.2) is 40.4 Å². The second kappa shape index (κ2) is 54.3. The first-order chi connectivity index (χ1) is 46.7. The summed E-state index contributed by atoms with van der Waals surface area (Å²) >= 11 is 0. The Labute approximate surface area is 575 Å². The number of unbranched alkanes of at least 4 members (excludes halogenated alkanes) is 24. The Hall–Kier alpha value is -5.65. The van der Waals surface area contributed by atoms with Crippen LogP contribution in [0, 0.1) is 0 Å². The van der Waals surface area contributed by atoms with Gasteiger partial charge < -0.3 is 34.1 Å². The van der Waals surface area contributed by atoms with Gasteiger partial charge in [0.15, 0.2) is 0 Å². The van der Waals surface area contributed by atoms with Crippen molar-refractivity contribution in [1.82, 2.24) is 59.0 Å². The summed E-state index contributed by atoms with van der Waals surface area (Å²) < 4.78 is 30.4. The van der Waals surface area contributed by atoms with Crippen molar-refractivity contribution in [2.24, 2.45) is 0 Å². The van der Waals surface area contributed by atoms with E-state index in [4.69, 9.17) is 29.2 Å². The summed E-state index contributed by atoms with van der Waals surface area (Å²) in [7, 11) is 4.10. The number of aromatic nitrogens is 11. The van der Waals surface area contributed by atoms with E-state index in [1.165, 1.54) is 179 Å². The molecule has 0 saturated carbocycles. The lowest BCUT2D eigenvalue weighted by atomic mass is 10.0. The van der Waals surface area contributed by atoms with Crippen LogP contribution >= 0.6 is 0 Å². The molecule has 5 rings (SSSR count). The van der Waals surface area contributed by atoms with E-state index in [9.17, 15) is 24.0 Å². The fourth-order valence-electron chi connectivity index (χ4n) is 12.0. The van der Waals surface area contributed by atoms with E-state index in [0.29, 0.717) is 17.1 Å². The van der Waals surface area contributed by atoms with Crippen molar-refractivity contribution in [3.05, 3.63) is 68.8 Å². The summed E-state index contributed by atoms with van der Waals surface area (Å²) in [5.41, 5.74) is 0.487. The molecular formula is C73H130N12O11. The Kier molecular flexibility index (Phi) is 47.8. The van der Waals surface area contributed by atoms with Gasteiger partial charge in [-0.25, -0.2) is 18.8 Å². The second-order valence-corrected chi connectivity index (χ2v) is 26.8. The van der Waals surface area contributed by atoms with Gasteiger partial charge in [0.1, 0.15) is 61.3 Å². The lowest BCUT2D eigenvalue weighted by Crippen LogP contribution is -2.40. The number of carbonyl (C=O) groups excluding carboxylic acids is 3. The Bertz CT molecular complexity index is 2620. The molecular weight excluding hydrogens is 1220 g/mol. The Morgan fingerprint density at radius 1 is 0.490 bits per heavy atom. The highest BCUT2D eigenvalue weighted by Gasteiger charge is 2.28. The zero-order chi connectivity index (χ0) is 69.8. The van der Waals surface area contributed by atoms with Gasteiger partial charge in [-0.1, -0.05) is 211 Å². The molecule has 2 N–H and O–H groups in total. The van der Waals surface area contributed by atoms with E-state index in [1.807, 2.05) is 0 Å². The number of rotatable bonds is 54. The van der Waals surface area contributed by atoms with Gasteiger partial charge in [0.25, 0.3) is 5.56 Å². The van der Waals surface area contributed by atoms with E-state index in [1.54, 1.807) is 18.6 Å². The molecule has 1 fully saturated rings. The molecule has 1 aliphatic rings. The van der Waals surface area contributed by atoms with Gasteiger partial charge in [0.2, 0.25) is 0 Å². The molecule has 23 nitrogen and oxygen atoms in total. The Morgan fingerprint density at radius 3 is 1.17 bits per heavy atom. The summed E-state index contributed by atoms with van der Waals surface area (Å²) in [5, 5.41) is 41.4. The number of aliphatic hydroxyl groups excluding tert-OH is 2. The minimum atomic E-state index is -0.439. The number of nitrogens with zero attached hydrogens (tertiary/aromatic N) is 12. The maximum absolute atomic E-state index is 13.3. The minimum Gasteiger partial charge on any atom is -0.461 e. The first-order valence-electron chi connectivity index (χ1n) is 37.8. The minimum absolute atomic E-state index is 0.00589. The standard InChI is InChI=1S/C33H56N6O5.2C20H37N3O3/c1-5-7-9-11-12-14-17-28(16-13-10-8-6-2)44-32(41)26-37-24-27(34-35-37)25-39-30(40)21-23-38(33(39)42)31-20-19-29(43-31)18-15-22-36(3)4;2*1-3-5-7-9-10-12-14-19(13-11-8-6-4-2)26-20(25)16-23-15-18(17-24)21-22-23/h21,23-24,28-29,31H,5-20,22,25-26H2,1-4H3;2*15,19,24H,3-14,16-17H2,1-2H3/t28?,29-,31-;;/m1../s1. The molecule has 4 aromatic heterocycles. The normalized spacial score (nSPS) is 14.6. The first-order valence-corrected chi connectivity index (χ1v) is 37.8. The lowest BCUT2D eigenvalue weighted by Gasteiger charge is -2.18. The molecule has 96 heavy (non-hydrogen) atoms. The zero-order valence-electron chi connectivity index (χ0n) is 60.9. The fourth-order valence-corrected chi connectivity index (χ4v) is 12.0. The average molecular weight is 1350 g/mol. The van der Waals surface area contributed by atoms with Gasteiger partial charge in [0.05, 0.1) is 44.5 Å². The second-order valence-electron chi connectivity index (χ2n) is 26.8. The summed E-state index contributed by atoms with van der Waals surface area (Å²) in [4.78, 5) is 65.4. The van der Waals surface area contributed by atoms with Gasteiger partial charge in [-0.15, -0.1) is 15.3 Å². The van der Waals surface area contributed by atoms with Crippen molar-refractivity contribution >= 4 is 17.9 Å². The number of esters is 3. The highest BCUT2D eigenvalue weighted by Crippen LogP contribution is 2.30. The molecule has 0 radical (unpaired) electrons. The van der Waals surface area contributed by atoms with E-state index in [-0.39, 0.29) is 81.7 Å². The molecule has 1 saturated heterocycles. The Morgan fingerprint density at radius 2 is 0.823 bits per heavy atom. The third-order valence-corrected chi connectivity index (χ3v) is 17.6. The summed E-state index contributed by atoms with van der Waals surface area (Å²) in [6, 6.07) is 1.39. The lowest BCUT2D eigenvalue weighted by molar-refractivity contribution is -0.151. The number of hydrogen-bond donors (Lipinski definition) is 2. The van der Waals surface area contributed by atoms with Gasteiger partial charge in [0, 0.05) is 12.3 Å². The third-order valence-electron chi connectivity index (χ3n) is 17.6. The van der Waals surface area contributed by atoms with Crippen LogP contribution in [0.3, 0.4) is 0 Å². The van der Waals surface area contributed by atoms with Crippen LogP contribution in [-0.2, 0) is 72.7 Å². The molecule has 0 spiro atoms. The van der Waals surface area contributed by atoms with E-state index in [0.717, 1.165) is 120 Å². The molecule has 0 bridgehead atoms. The predicted molar refractivity (Wildman–Crippen MR) is 377 cm³/mol. The Balaban J connectivity index is 0.000000399. The topological polar surface area (TPSA) is 268 Å². The molecule has 0 aliphatic carbocycles. The summed E-state index contributed by atoms with van der Waals surface area (Å²) in [6.07, 6.45) is 51.3. The highest BCUT2D eigenvalue weighted by molar-refractivity contribution is 5.70. The maximum Gasteiger partial charge on any atom is 0.333 e. The van der Waals surface area contributed by atoms with E-state index < -0.39 is 17.5 Å². The van der Waals surface area contributed by atoms with Crippen LogP contribution < -0.4 is 11.2 Å². The summed E-state index contributed by atoms with van der Waals surface area (Å²) in [6.45, 7) is 13.9. The molecule has 5 atom stereocenters. The number of aliphatic hydroxyl groups is 2. The first kappa shape index (κ1) is 84.6. The van der Waals surface area contributed by atoms with Crippen LogP contribution in [-0.4, -0.2) is 132 Å². The average Bonchev–Trinajstić information content (AvgIpc) is 1.43. The van der Waals surface area contributed by atoms with Crippen LogP contribution in [0.2, 0.25) is 0 Å². The smallest absolute Gasteiger partial charge is 0.333 e. The molecule has 1 aliphatic heterocycles. The molecule has 23 heteroatoms. The fraction of sp³-hybridized carbons (Fsp3) is 0.822. The maximum atomic E-state index is 13.3. The number of carbonyl (C=O) groups is 3. The van der Waals surface area contributed by atoms with Crippen molar-refractivity contribution in [3.8, 4) is 0 Å². The van der Waals surface area contributed by atoms with E-state index >= 15 is 0 Å². The van der Waals surface area contributed by atoms with Crippen molar-refractivity contribution in [1.29, 1.82) is 0 Å². The van der Waals surface area contributed by atoms with Gasteiger partial charge in [-0.2, -0.15) is 0 Å². The summed E-state index contributed by atoms with van der Waals surface area (Å²) in [5.74, 6) is -0.887. The van der Waals surface area contributed by atoms with E-state index in [2.05, 4.69) is 91.5 Å². The zero-order valence-corrected chi connectivity index (χ0v) is 60.9. The van der Waals surface area contributed by atoms with Gasteiger partial charge in [-0.3, -0.25) is 28.3 Å². The van der Waals surface area contributed by atoms with Crippen molar-refractivity contribution in [2.45, 2.75) is 368 Å². The molecule has 0 aromatic carbocycles. The van der Waals surface area contributed by atoms with Crippen molar-refractivity contribution < 1.29 is 43.5 Å². The highest BCUT2D eigenvalue weighted by atomic mass is 16.6. The van der Waals surface area contributed by atoms with Gasteiger partial charge >= 0.3 is 23.6 Å². The van der Waals surface area contributed by atoms with Crippen molar-refractivity contribution in [3.63, 3.8) is 0 Å². The quantitative estimate of drug-likeness (QED) is 0.0236. The van der Waals surface area contributed by atoms with Gasteiger partial charge in [-0.05, 0) is 123 Å². The molecule has 4 aromatic rings. The molecule has 0 amide bonds. The predicted octanol–water partition coefficient (Wildman–Crippen LogP) is 14.1. The molecule has 548 valence electrons. The molecule has 5 heterocycles. The van der Waals surface area contributed by atoms with Crippen molar-refractivity contribution in [2.75, 3.05) is 20.6 Å². The monoisotopic (exact) mass is 1350 g/mol. The van der Waals surface area contributed by atoms with Crippen LogP contribution in [0.4, 0.5) is 0 Å². The largest absolute Gasteiger partial charge is 0.461 e. The van der Waals surface area contributed by atoms with Crippen LogP contribution in [0.25, 0.3) is 0 Å². The van der Waals surface area contributed by atoms with Crippen LogP contribution in [0.5, 0.6) is 0 Å². The number of ether oxygens (including phenoxy) is 4. The third kappa shape index (κ3) is 39.1. The SMILES string of the molecule is CCCCCCCCC(CCCCCC)OC(=O)Cn1cc(CO)nn1.CCCCCCCCC(CCCCCC)OC(=O)Cn1cc(CO)nn1.CCCCCCCCC(CCCCCC)OC(=O)Cn1cc(Cn2c(=O)ccn([C@H]3CC[C@@H](CCCN(C)C)O3)c2=O)nn1. The van der Waals surface area contributed by atoms with Crippen LogP contribution in [0.1, 0.15) is 322 Å². The number of hydrogen-bond acceptors (Lipinski definition) is 18. The molecule has 3 unspecified atom stereocenters.